The van der Waals surface area contributed by atoms with Crippen LogP contribution in [0.2, 0.25) is 0 Å². The first-order chi connectivity index (χ1) is 8.49. The van der Waals surface area contributed by atoms with Crippen molar-refractivity contribution in [3.05, 3.63) is 45.5 Å². The second-order valence-electron chi connectivity index (χ2n) is 4.31. The molecule has 0 fully saturated rings. The summed E-state index contributed by atoms with van der Waals surface area (Å²) in [6.45, 7) is 3.73. The summed E-state index contributed by atoms with van der Waals surface area (Å²) in [5.74, 6) is -0.218. The van der Waals surface area contributed by atoms with E-state index in [9.17, 15) is 9.18 Å². The number of hydrogen-bond donors (Lipinski definition) is 0. The normalized spacial score (nSPS) is 10.9. The standard InChI is InChI=1S/C14H12BrFOS/c1-8(2)14(17)13-6-5-12(18-13)10-4-3-9(15)7-11(10)16/h3-8H,1-2H3. The van der Waals surface area contributed by atoms with Crippen molar-refractivity contribution in [2.75, 3.05) is 0 Å². The maximum atomic E-state index is 13.8. The molecule has 0 saturated carbocycles. The van der Waals surface area contributed by atoms with E-state index in [1.807, 2.05) is 13.8 Å². The topological polar surface area (TPSA) is 17.1 Å². The summed E-state index contributed by atoms with van der Waals surface area (Å²) in [6, 6.07) is 8.51. The van der Waals surface area contributed by atoms with E-state index in [4.69, 9.17) is 0 Å². The summed E-state index contributed by atoms with van der Waals surface area (Å²) in [4.78, 5) is 13.3. The Morgan fingerprint density at radius 1 is 1.28 bits per heavy atom. The second-order valence-corrected chi connectivity index (χ2v) is 6.31. The molecule has 0 N–H and O–H groups in total. The van der Waals surface area contributed by atoms with E-state index in [-0.39, 0.29) is 17.5 Å². The third kappa shape index (κ3) is 2.70. The van der Waals surface area contributed by atoms with Gasteiger partial charge in [-0.1, -0.05) is 29.8 Å². The summed E-state index contributed by atoms with van der Waals surface area (Å²) in [5, 5.41) is 0. The fraction of sp³-hybridized carbons (Fsp3) is 0.214. The molecule has 0 spiro atoms. The number of ketones is 1. The molecule has 1 nitrogen and oxygen atoms in total. The van der Waals surface area contributed by atoms with E-state index >= 15 is 0 Å². The van der Waals surface area contributed by atoms with Gasteiger partial charge in [0.25, 0.3) is 0 Å². The molecule has 4 heteroatoms. The molecule has 18 heavy (non-hydrogen) atoms. The van der Waals surface area contributed by atoms with Gasteiger partial charge in [0.05, 0.1) is 4.88 Å². The van der Waals surface area contributed by atoms with Crippen molar-refractivity contribution in [1.29, 1.82) is 0 Å². The second kappa shape index (κ2) is 5.33. The summed E-state index contributed by atoms with van der Waals surface area (Å²) in [5.41, 5.74) is 0.533. The van der Waals surface area contributed by atoms with Crippen LogP contribution in [0.15, 0.2) is 34.8 Å². The minimum Gasteiger partial charge on any atom is -0.293 e. The molecule has 0 aliphatic heterocycles. The van der Waals surface area contributed by atoms with E-state index in [2.05, 4.69) is 15.9 Å². The lowest BCUT2D eigenvalue weighted by molar-refractivity contribution is 0.0943. The number of hydrogen-bond acceptors (Lipinski definition) is 2. The van der Waals surface area contributed by atoms with Crippen molar-refractivity contribution < 1.29 is 9.18 Å². The van der Waals surface area contributed by atoms with Crippen LogP contribution in [-0.2, 0) is 0 Å². The smallest absolute Gasteiger partial charge is 0.175 e. The highest BCUT2D eigenvalue weighted by Gasteiger charge is 2.15. The van der Waals surface area contributed by atoms with Crippen LogP contribution in [0.3, 0.4) is 0 Å². The van der Waals surface area contributed by atoms with Gasteiger partial charge in [0.2, 0.25) is 0 Å². The zero-order valence-corrected chi connectivity index (χ0v) is 12.4. The van der Waals surface area contributed by atoms with Crippen molar-refractivity contribution in [3.8, 4) is 10.4 Å². The zero-order chi connectivity index (χ0) is 13.3. The molecule has 0 amide bonds. The minimum atomic E-state index is -0.283. The lowest BCUT2D eigenvalue weighted by Gasteiger charge is -2.01. The molecule has 0 atom stereocenters. The van der Waals surface area contributed by atoms with Crippen molar-refractivity contribution >= 4 is 33.0 Å². The highest BCUT2D eigenvalue weighted by molar-refractivity contribution is 9.10. The van der Waals surface area contributed by atoms with Crippen molar-refractivity contribution in [3.63, 3.8) is 0 Å². The van der Waals surface area contributed by atoms with Crippen molar-refractivity contribution in [2.24, 2.45) is 5.92 Å². The Bertz CT molecular complexity index is 589. The summed E-state index contributed by atoms with van der Waals surface area (Å²) < 4.78 is 14.5. The first-order valence-corrected chi connectivity index (χ1v) is 7.19. The number of thiophene rings is 1. The number of halogens is 2. The van der Waals surface area contributed by atoms with E-state index in [0.717, 1.165) is 4.88 Å². The van der Waals surface area contributed by atoms with Gasteiger partial charge in [-0.15, -0.1) is 11.3 Å². The monoisotopic (exact) mass is 326 g/mol. The zero-order valence-electron chi connectivity index (χ0n) is 10.0. The average Bonchev–Trinajstić information content (AvgIpc) is 2.77. The highest BCUT2D eigenvalue weighted by Crippen LogP contribution is 2.32. The highest BCUT2D eigenvalue weighted by atomic mass is 79.9. The molecule has 2 rings (SSSR count). The molecule has 1 aromatic carbocycles. The SMILES string of the molecule is CC(C)C(=O)c1ccc(-c2ccc(Br)cc2F)s1. The molecule has 94 valence electrons. The van der Waals surface area contributed by atoms with Gasteiger partial charge in [0.15, 0.2) is 5.78 Å². The average molecular weight is 327 g/mol. The molecule has 0 radical (unpaired) electrons. The van der Waals surface area contributed by atoms with Crippen LogP contribution in [0.5, 0.6) is 0 Å². The quantitative estimate of drug-likeness (QED) is 0.712. The third-order valence-corrected chi connectivity index (χ3v) is 4.20. The Morgan fingerprint density at radius 3 is 2.61 bits per heavy atom. The molecule has 0 bridgehead atoms. The van der Waals surface area contributed by atoms with E-state index in [0.29, 0.717) is 14.9 Å². The van der Waals surface area contributed by atoms with Crippen molar-refractivity contribution in [2.45, 2.75) is 13.8 Å². The van der Waals surface area contributed by atoms with Crippen LogP contribution in [-0.4, -0.2) is 5.78 Å². The van der Waals surface area contributed by atoms with E-state index in [1.54, 1.807) is 24.3 Å². The van der Waals surface area contributed by atoms with Crippen LogP contribution in [0.4, 0.5) is 4.39 Å². The van der Waals surface area contributed by atoms with Gasteiger partial charge in [-0.25, -0.2) is 4.39 Å². The van der Waals surface area contributed by atoms with Crippen LogP contribution in [0.1, 0.15) is 23.5 Å². The molecule has 1 heterocycles. The summed E-state index contributed by atoms with van der Waals surface area (Å²) >= 11 is 4.56. The largest absolute Gasteiger partial charge is 0.293 e. The molecule has 0 saturated heterocycles. The fourth-order valence-electron chi connectivity index (χ4n) is 1.59. The molecular formula is C14H12BrFOS. The number of Topliss-reactive ketones (excluding diaryl/α,β-unsaturated/α-hetero) is 1. The Hall–Kier alpha value is -1.00. The predicted octanol–water partition coefficient (Wildman–Crippen LogP) is 5.16. The fourth-order valence-corrected chi connectivity index (χ4v) is 3.04. The molecule has 0 aliphatic carbocycles. The Labute approximate surface area is 118 Å². The van der Waals surface area contributed by atoms with Crippen LogP contribution in [0.25, 0.3) is 10.4 Å². The number of rotatable bonds is 3. The maximum Gasteiger partial charge on any atom is 0.175 e. The number of carbonyl (C=O) groups excluding carboxylic acids is 1. The maximum absolute atomic E-state index is 13.8. The predicted molar refractivity (Wildman–Crippen MR) is 76.6 cm³/mol. The van der Waals surface area contributed by atoms with E-state index < -0.39 is 0 Å². The summed E-state index contributed by atoms with van der Waals surface area (Å²) in [7, 11) is 0. The van der Waals surface area contributed by atoms with Gasteiger partial charge in [-0.2, -0.15) is 0 Å². The lowest BCUT2D eigenvalue weighted by atomic mass is 10.1. The van der Waals surface area contributed by atoms with Gasteiger partial charge < -0.3 is 0 Å². The minimum absolute atomic E-state index is 0.0359. The van der Waals surface area contributed by atoms with Crippen molar-refractivity contribution in [1.82, 2.24) is 0 Å². The molecule has 1 aromatic heterocycles. The van der Waals surface area contributed by atoms with Gasteiger partial charge in [0, 0.05) is 20.8 Å². The summed E-state index contributed by atoms with van der Waals surface area (Å²) in [6.07, 6.45) is 0. The van der Waals surface area contributed by atoms with Gasteiger partial charge in [-0.05, 0) is 30.3 Å². The molecular weight excluding hydrogens is 315 g/mol. The number of carbonyl (C=O) groups is 1. The van der Waals surface area contributed by atoms with Crippen LogP contribution < -0.4 is 0 Å². The molecule has 0 unspecified atom stereocenters. The molecule has 0 aliphatic rings. The Balaban J connectivity index is 2.38. The third-order valence-electron chi connectivity index (χ3n) is 2.57. The Kier molecular flexibility index (Phi) is 3.97. The first-order valence-electron chi connectivity index (χ1n) is 5.58. The van der Waals surface area contributed by atoms with Crippen LogP contribution >= 0.6 is 27.3 Å². The van der Waals surface area contributed by atoms with Gasteiger partial charge >= 0.3 is 0 Å². The van der Waals surface area contributed by atoms with Gasteiger partial charge in [-0.3, -0.25) is 4.79 Å². The first kappa shape index (κ1) is 13.4. The van der Waals surface area contributed by atoms with E-state index in [1.165, 1.54) is 17.4 Å². The van der Waals surface area contributed by atoms with Gasteiger partial charge in [0.1, 0.15) is 5.82 Å². The lowest BCUT2D eigenvalue weighted by Crippen LogP contribution is -2.04. The number of benzene rings is 1. The van der Waals surface area contributed by atoms with Crippen LogP contribution in [0, 0.1) is 11.7 Å². The Morgan fingerprint density at radius 2 is 2.00 bits per heavy atom. The molecule has 2 aromatic rings.